The van der Waals surface area contributed by atoms with E-state index in [1.54, 1.807) is 0 Å². The Morgan fingerprint density at radius 1 is 1.30 bits per heavy atom. The van der Waals surface area contributed by atoms with Gasteiger partial charge >= 0.3 is 0 Å². The van der Waals surface area contributed by atoms with E-state index in [9.17, 15) is 4.79 Å². The summed E-state index contributed by atoms with van der Waals surface area (Å²) in [5.41, 5.74) is 1.23. The smallest absolute Gasteiger partial charge is 0.249 e. The van der Waals surface area contributed by atoms with Crippen LogP contribution in [-0.2, 0) is 16.0 Å². The second-order valence-corrected chi connectivity index (χ2v) is 5.50. The zero-order valence-electron chi connectivity index (χ0n) is 12.5. The number of nitrogens with one attached hydrogen (secondary N) is 1. The minimum Gasteiger partial charge on any atom is -0.368 e. The second-order valence-electron chi connectivity index (χ2n) is 5.06. The van der Waals surface area contributed by atoms with E-state index in [-0.39, 0.29) is 12.0 Å². The zero-order chi connectivity index (χ0) is 15.0. The van der Waals surface area contributed by atoms with Gasteiger partial charge in [0, 0.05) is 11.6 Å². The number of halogens is 1. The predicted octanol–water partition coefficient (Wildman–Crippen LogP) is 3.45. The SMILES string of the molecule is CCNC(=O)C(CC)OCC(C)Cc1ccc(Cl)cc1. The van der Waals surface area contributed by atoms with Crippen LogP contribution in [0.1, 0.15) is 32.8 Å². The number of carbonyl (C=O) groups is 1. The first-order valence-corrected chi connectivity index (χ1v) is 7.58. The molecule has 1 aromatic rings. The first kappa shape index (κ1) is 17.0. The summed E-state index contributed by atoms with van der Waals surface area (Å²) in [7, 11) is 0. The van der Waals surface area contributed by atoms with E-state index in [1.165, 1.54) is 5.56 Å². The highest BCUT2D eigenvalue weighted by Gasteiger charge is 2.17. The molecule has 3 nitrogen and oxygen atoms in total. The summed E-state index contributed by atoms with van der Waals surface area (Å²) in [5, 5.41) is 3.55. The molecule has 0 aromatic heterocycles. The highest BCUT2D eigenvalue weighted by Crippen LogP contribution is 2.14. The van der Waals surface area contributed by atoms with Crippen molar-refractivity contribution in [2.24, 2.45) is 5.92 Å². The molecule has 4 heteroatoms. The summed E-state index contributed by atoms with van der Waals surface area (Å²) >= 11 is 5.87. The monoisotopic (exact) mass is 297 g/mol. The average Bonchev–Trinajstić information content (AvgIpc) is 2.42. The van der Waals surface area contributed by atoms with Crippen LogP contribution in [0.5, 0.6) is 0 Å². The van der Waals surface area contributed by atoms with Gasteiger partial charge in [0.25, 0.3) is 0 Å². The molecule has 1 amide bonds. The molecule has 2 unspecified atom stereocenters. The lowest BCUT2D eigenvalue weighted by Crippen LogP contribution is -2.36. The highest BCUT2D eigenvalue weighted by molar-refractivity contribution is 6.30. The Balaban J connectivity index is 2.39. The number of likely N-dealkylation sites (N-methyl/N-ethyl adjacent to an activating group) is 1. The molecule has 2 atom stereocenters. The Kier molecular flexibility index (Phi) is 7.63. The Morgan fingerprint density at radius 2 is 1.95 bits per heavy atom. The van der Waals surface area contributed by atoms with Crippen molar-refractivity contribution < 1.29 is 9.53 Å². The number of rotatable bonds is 8. The number of hydrogen-bond acceptors (Lipinski definition) is 2. The van der Waals surface area contributed by atoms with E-state index in [2.05, 4.69) is 12.2 Å². The minimum atomic E-state index is -0.345. The molecule has 0 saturated carbocycles. The fraction of sp³-hybridized carbons (Fsp3) is 0.562. The molecule has 20 heavy (non-hydrogen) atoms. The Hall–Kier alpha value is -1.06. The van der Waals surface area contributed by atoms with Crippen LogP contribution in [0, 0.1) is 5.92 Å². The molecule has 0 radical (unpaired) electrons. The molecule has 0 aliphatic heterocycles. The maximum atomic E-state index is 11.7. The molecule has 1 rings (SSSR count). The van der Waals surface area contributed by atoms with Crippen molar-refractivity contribution in [2.75, 3.05) is 13.2 Å². The third kappa shape index (κ3) is 5.93. The van der Waals surface area contributed by atoms with Crippen molar-refractivity contribution in [1.29, 1.82) is 0 Å². The van der Waals surface area contributed by atoms with Crippen molar-refractivity contribution >= 4 is 17.5 Å². The fourth-order valence-corrected chi connectivity index (χ4v) is 2.16. The third-order valence-electron chi connectivity index (χ3n) is 3.09. The molecule has 0 saturated heterocycles. The Labute approximate surface area is 126 Å². The maximum Gasteiger partial charge on any atom is 0.249 e. The molecular weight excluding hydrogens is 274 g/mol. The third-order valence-corrected chi connectivity index (χ3v) is 3.35. The summed E-state index contributed by atoms with van der Waals surface area (Å²) < 4.78 is 5.73. The average molecular weight is 298 g/mol. The van der Waals surface area contributed by atoms with Crippen LogP contribution in [0.15, 0.2) is 24.3 Å². The fourth-order valence-electron chi connectivity index (χ4n) is 2.03. The molecule has 0 aliphatic rings. The normalized spacial score (nSPS) is 13.8. The van der Waals surface area contributed by atoms with Crippen LogP contribution in [0.2, 0.25) is 5.02 Å². The quantitative estimate of drug-likeness (QED) is 0.798. The molecule has 1 N–H and O–H groups in total. The van der Waals surface area contributed by atoms with Gasteiger partial charge in [-0.15, -0.1) is 0 Å². The lowest BCUT2D eigenvalue weighted by Gasteiger charge is -2.18. The van der Waals surface area contributed by atoms with E-state index < -0.39 is 0 Å². The number of benzene rings is 1. The van der Waals surface area contributed by atoms with Crippen molar-refractivity contribution in [3.63, 3.8) is 0 Å². The standard InChI is InChI=1S/C16H24ClNO2/c1-4-15(16(19)18-5-2)20-11-12(3)10-13-6-8-14(17)9-7-13/h6-9,12,15H,4-5,10-11H2,1-3H3,(H,18,19). The molecular formula is C16H24ClNO2. The number of carbonyl (C=O) groups excluding carboxylic acids is 1. The van der Waals surface area contributed by atoms with E-state index in [0.717, 1.165) is 11.4 Å². The molecule has 0 fully saturated rings. The Morgan fingerprint density at radius 3 is 2.50 bits per heavy atom. The van der Waals surface area contributed by atoms with Crippen molar-refractivity contribution in [1.82, 2.24) is 5.32 Å². The zero-order valence-corrected chi connectivity index (χ0v) is 13.2. The lowest BCUT2D eigenvalue weighted by molar-refractivity contribution is -0.133. The number of ether oxygens (including phenoxy) is 1. The van der Waals surface area contributed by atoms with Crippen LogP contribution in [0.4, 0.5) is 0 Å². The maximum absolute atomic E-state index is 11.7. The number of amides is 1. The van der Waals surface area contributed by atoms with E-state index >= 15 is 0 Å². The molecule has 0 aliphatic carbocycles. The van der Waals surface area contributed by atoms with Gasteiger partial charge in [-0.05, 0) is 43.4 Å². The molecule has 0 heterocycles. The predicted molar refractivity (Wildman–Crippen MR) is 83.0 cm³/mol. The van der Waals surface area contributed by atoms with E-state index in [1.807, 2.05) is 38.1 Å². The summed E-state index contributed by atoms with van der Waals surface area (Å²) in [6.45, 7) is 7.22. The van der Waals surface area contributed by atoms with Crippen LogP contribution in [0.3, 0.4) is 0 Å². The van der Waals surface area contributed by atoms with Gasteiger partial charge in [-0.1, -0.05) is 37.6 Å². The van der Waals surface area contributed by atoms with Gasteiger partial charge < -0.3 is 10.1 Å². The largest absolute Gasteiger partial charge is 0.368 e. The molecule has 0 spiro atoms. The van der Waals surface area contributed by atoms with Gasteiger partial charge in [0.15, 0.2) is 0 Å². The highest BCUT2D eigenvalue weighted by atomic mass is 35.5. The summed E-state index contributed by atoms with van der Waals surface area (Å²) in [5.74, 6) is 0.341. The van der Waals surface area contributed by atoms with Gasteiger partial charge in [-0.25, -0.2) is 0 Å². The summed E-state index contributed by atoms with van der Waals surface area (Å²) in [6, 6.07) is 7.85. The molecule has 0 bridgehead atoms. The van der Waals surface area contributed by atoms with Crippen LogP contribution < -0.4 is 5.32 Å². The lowest BCUT2D eigenvalue weighted by atomic mass is 10.0. The second kappa shape index (κ2) is 8.98. The van der Waals surface area contributed by atoms with Gasteiger partial charge in [-0.3, -0.25) is 4.79 Å². The van der Waals surface area contributed by atoms with Crippen molar-refractivity contribution in [3.05, 3.63) is 34.9 Å². The van der Waals surface area contributed by atoms with Crippen LogP contribution >= 0.6 is 11.6 Å². The van der Waals surface area contributed by atoms with Crippen LogP contribution in [0.25, 0.3) is 0 Å². The first-order chi connectivity index (χ1) is 9.56. The van der Waals surface area contributed by atoms with Gasteiger partial charge in [-0.2, -0.15) is 0 Å². The Bertz CT molecular complexity index is 405. The summed E-state index contributed by atoms with van der Waals surface area (Å²) in [4.78, 5) is 11.7. The van der Waals surface area contributed by atoms with E-state index in [0.29, 0.717) is 25.5 Å². The topological polar surface area (TPSA) is 38.3 Å². The van der Waals surface area contributed by atoms with Gasteiger partial charge in [0.05, 0.1) is 6.61 Å². The summed E-state index contributed by atoms with van der Waals surface area (Å²) in [6.07, 6.45) is 1.27. The number of hydrogen-bond donors (Lipinski definition) is 1. The van der Waals surface area contributed by atoms with Crippen molar-refractivity contribution in [3.8, 4) is 0 Å². The van der Waals surface area contributed by atoms with Crippen LogP contribution in [-0.4, -0.2) is 25.2 Å². The van der Waals surface area contributed by atoms with Gasteiger partial charge in [0.1, 0.15) is 6.10 Å². The van der Waals surface area contributed by atoms with Crippen molar-refractivity contribution in [2.45, 2.75) is 39.7 Å². The first-order valence-electron chi connectivity index (χ1n) is 7.20. The molecule has 112 valence electrons. The van der Waals surface area contributed by atoms with Gasteiger partial charge in [0.2, 0.25) is 5.91 Å². The minimum absolute atomic E-state index is 0.0197. The molecule has 1 aromatic carbocycles. The van der Waals surface area contributed by atoms with E-state index in [4.69, 9.17) is 16.3 Å².